The molecule has 0 N–H and O–H groups in total. The normalized spacial score (nSPS) is 17.5. The Labute approximate surface area is 155 Å². The first kappa shape index (κ1) is 15.5. The number of nitrogens with zero attached hydrogens (tertiary/aromatic N) is 4. The molecule has 1 aliphatic heterocycles. The lowest BCUT2D eigenvalue weighted by Crippen LogP contribution is -2.23. The smallest absolute Gasteiger partial charge is 0.218 e. The average molecular weight is 354 g/mol. The van der Waals surface area contributed by atoms with Crippen LogP contribution in [-0.2, 0) is 0 Å². The van der Waals surface area contributed by atoms with E-state index in [9.17, 15) is 4.79 Å². The van der Waals surface area contributed by atoms with Crippen molar-refractivity contribution in [1.82, 2.24) is 9.97 Å². The number of carbonyl (C=O) groups is 1. The van der Waals surface area contributed by atoms with Crippen LogP contribution in [0, 0.1) is 0 Å². The molecule has 0 saturated carbocycles. The summed E-state index contributed by atoms with van der Waals surface area (Å²) in [6, 6.07) is 14.8. The number of fused-ring (bicyclic) bond motifs is 4. The summed E-state index contributed by atoms with van der Waals surface area (Å²) in [4.78, 5) is 28.1. The highest BCUT2D eigenvalue weighted by atomic mass is 16.5. The van der Waals surface area contributed by atoms with Gasteiger partial charge in [0.05, 0.1) is 23.1 Å². The number of benzene rings is 1. The number of hydrogen-bond donors (Lipinski definition) is 0. The zero-order valence-corrected chi connectivity index (χ0v) is 14.5. The summed E-state index contributed by atoms with van der Waals surface area (Å²) in [5.74, 6) is 1.14. The molecule has 6 nitrogen and oxygen atoms in total. The molecule has 0 radical (unpaired) electrons. The summed E-state index contributed by atoms with van der Waals surface area (Å²) in [7, 11) is 1.90. The standard InChI is InChI=1S/C21H14N4O2/c1-25-15-8-2-3-9-16(15)27-17(25)12-24-20-13-6-4-10-22-18(13)19-14(21(20)26)7-5-11-23-19/h2-12H,1H3/b17-12-,24-20?. The van der Waals surface area contributed by atoms with Gasteiger partial charge in [-0.3, -0.25) is 14.8 Å². The van der Waals surface area contributed by atoms with Crippen LogP contribution in [-0.4, -0.2) is 28.5 Å². The zero-order valence-electron chi connectivity index (χ0n) is 14.5. The summed E-state index contributed by atoms with van der Waals surface area (Å²) < 4.78 is 5.84. The van der Waals surface area contributed by atoms with Gasteiger partial charge in [0.1, 0.15) is 11.4 Å². The summed E-state index contributed by atoms with van der Waals surface area (Å²) in [5.41, 5.74) is 3.71. The maximum atomic E-state index is 13.0. The number of para-hydroxylation sites is 2. The molecule has 1 aliphatic carbocycles. The van der Waals surface area contributed by atoms with Gasteiger partial charge in [0, 0.05) is 25.0 Å². The average Bonchev–Trinajstić information content (AvgIpc) is 3.04. The topological polar surface area (TPSA) is 67.7 Å². The molecule has 3 heterocycles. The highest BCUT2D eigenvalue weighted by Gasteiger charge is 2.30. The minimum atomic E-state index is -0.173. The number of Topliss-reactive ketones (excluding diaryl/α,β-unsaturated/α-hetero) is 1. The number of ketones is 1. The first-order chi connectivity index (χ1) is 13.2. The van der Waals surface area contributed by atoms with Gasteiger partial charge in [-0.2, -0.15) is 0 Å². The third-order valence-electron chi connectivity index (χ3n) is 4.63. The van der Waals surface area contributed by atoms with Gasteiger partial charge >= 0.3 is 0 Å². The minimum Gasteiger partial charge on any atom is -0.437 e. The highest BCUT2D eigenvalue weighted by Crippen LogP contribution is 2.37. The van der Waals surface area contributed by atoms with Crippen LogP contribution in [0.25, 0.3) is 11.4 Å². The van der Waals surface area contributed by atoms with E-state index < -0.39 is 0 Å². The number of anilines is 1. The number of hydrogen-bond acceptors (Lipinski definition) is 6. The maximum Gasteiger partial charge on any atom is 0.218 e. The van der Waals surface area contributed by atoms with Gasteiger partial charge in [-0.25, -0.2) is 4.99 Å². The largest absolute Gasteiger partial charge is 0.437 e. The molecule has 0 bridgehead atoms. The lowest BCUT2D eigenvalue weighted by molar-refractivity contribution is 0.106. The molecule has 0 atom stereocenters. The van der Waals surface area contributed by atoms with Gasteiger partial charge in [-0.15, -0.1) is 0 Å². The van der Waals surface area contributed by atoms with Crippen molar-refractivity contribution < 1.29 is 9.53 Å². The predicted octanol–water partition coefficient (Wildman–Crippen LogP) is 3.46. The zero-order chi connectivity index (χ0) is 18.4. The molecular formula is C21H14N4O2. The number of rotatable bonds is 1. The molecule has 27 heavy (non-hydrogen) atoms. The number of carbonyl (C=O) groups excluding carboxylic acids is 1. The van der Waals surface area contributed by atoms with Crippen molar-refractivity contribution in [3.63, 3.8) is 0 Å². The first-order valence-corrected chi connectivity index (χ1v) is 8.48. The molecule has 0 saturated heterocycles. The van der Waals surface area contributed by atoms with E-state index in [0.717, 1.165) is 11.4 Å². The van der Waals surface area contributed by atoms with Crippen molar-refractivity contribution in [2.75, 3.05) is 11.9 Å². The molecule has 2 aromatic heterocycles. The maximum absolute atomic E-state index is 13.0. The second kappa shape index (κ2) is 5.88. The van der Waals surface area contributed by atoms with Crippen LogP contribution in [0.15, 0.2) is 78.0 Å². The third kappa shape index (κ3) is 2.34. The quantitative estimate of drug-likeness (QED) is 0.669. The van der Waals surface area contributed by atoms with Crippen molar-refractivity contribution in [2.24, 2.45) is 4.99 Å². The van der Waals surface area contributed by atoms with Gasteiger partial charge in [0.2, 0.25) is 11.7 Å². The molecule has 3 aromatic rings. The number of ether oxygens (including phenoxy) is 1. The Bertz CT molecular complexity index is 1150. The van der Waals surface area contributed by atoms with Crippen LogP contribution in [0.4, 0.5) is 5.69 Å². The molecule has 0 fully saturated rings. The highest BCUT2D eigenvalue weighted by molar-refractivity contribution is 6.54. The molecule has 0 amide bonds. The molecule has 1 aromatic carbocycles. The molecule has 0 spiro atoms. The van der Waals surface area contributed by atoms with Crippen molar-refractivity contribution in [2.45, 2.75) is 0 Å². The fraction of sp³-hybridized carbons (Fsp3) is 0.0476. The fourth-order valence-electron chi connectivity index (χ4n) is 3.29. The van der Waals surface area contributed by atoms with E-state index in [0.29, 0.717) is 34.1 Å². The fourth-order valence-corrected chi connectivity index (χ4v) is 3.29. The van der Waals surface area contributed by atoms with E-state index in [2.05, 4.69) is 15.0 Å². The molecule has 0 unspecified atom stereocenters. The van der Waals surface area contributed by atoms with E-state index in [-0.39, 0.29) is 5.78 Å². The Morgan fingerprint density at radius 2 is 1.67 bits per heavy atom. The van der Waals surface area contributed by atoms with Crippen molar-refractivity contribution >= 4 is 17.2 Å². The van der Waals surface area contributed by atoms with Gasteiger partial charge in [0.15, 0.2) is 5.75 Å². The van der Waals surface area contributed by atoms with Crippen LogP contribution in [0.3, 0.4) is 0 Å². The first-order valence-electron chi connectivity index (χ1n) is 8.48. The molecule has 130 valence electrons. The summed E-state index contributed by atoms with van der Waals surface area (Å²) in [6.45, 7) is 0. The molecule has 5 rings (SSSR count). The summed E-state index contributed by atoms with van der Waals surface area (Å²) >= 11 is 0. The van der Waals surface area contributed by atoms with E-state index in [4.69, 9.17) is 4.74 Å². The Balaban J connectivity index is 1.61. The lowest BCUT2D eigenvalue weighted by atomic mass is 9.90. The third-order valence-corrected chi connectivity index (χ3v) is 4.63. The Hall–Kier alpha value is -3.80. The number of pyridine rings is 2. The van der Waals surface area contributed by atoms with Gasteiger partial charge in [-0.1, -0.05) is 12.1 Å². The van der Waals surface area contributed by atoms with Crippen LogP contribution in [0.2, 0.25) is 0 Å². The Morgan fingerprint density at radius 3 is 2.44 bits per heavy atom. The Morgan fingerprint density at radius 1 is 0.963 bits per heavy atom. The summed E-state index contributed by atoms with van der Waals surface area (Å²) in [6.07, 6.45) is 4.92. The second-order valence-corrected chi connectivity index (χ2v) is 6.20. The molecular weight excluding hydrogens is 340 g/mol. The van der Waals surface area contributed by atoms with Gasteiger partial charge < -0.3 is 9.64 Å². The monoisotopic (exact) mass is 354 g/mol. The molecule has 6 heteroatoms. The number of aromatic nitrogens is 2. The Kier molecular flexibility index (Phi) is 3.36. The van der Waals surface area contributed by atoms with Crippen molar-refractivity contribution in [1.29, 1.82) is 0 Å². The van der Waals surface area contributed by atoms with Crippen LogP contribution in [0.5, 0.6) is 5.75 Å². The second-order valence-electron chi connectivity index (χ2n) is 6.20. The van der Waals surface area contributed by atoms with Crippen LogP contribution in [0.1, 0.15) is 15.9 Å². The van der Waals surface area contributed by atoms with Crippen molar-refractivity contribution in [3.8, 4) is 17.1 Å². The predicted molar refractivity (Wildman–Crippen MR) is 102 cm³/mol. The number of aliphatic imine (C=N–C) groups is 1. The minimum absolute atomic E-state index is 0.173. The van der Waals surface area contributed by atoms with Crippen LogP contribution >= 0.6 is 0 Å². The summed E-state index contributed by atoms with van der Waals surface area (Å²) in [5, 5.41) is 0. The van der Waals surface area contributed by atoms with Gasteiger partial charge in [0.25, 0.3) is 0 Å². The SMILES string of the molecule is CN1/C(=C/N=C2C(=O)c3cccnc3-c3ncccc32)Oc2ccccc21. The lowest BCUT2D eigenvalue weighted by Gasteiger charge is -2.18. The van der Waals surface area contributed by atoms with E-state index in [1.807, 2.05) is 42.3 Å². The van der Waals surface area contributed by atoms with Crippen molar-refractivity contribution in [3.05, 3.63) is 84.1 Å². The van der Waals surface area contributed by atoms with E-state index >= 15 is 0 Å². The van der Waals surface area contributed by atoms with E-state index in [1.165, 1.54) is 0 Å². The molecule has 2 aliphatic rings. The van der Waals surface area contributed by atoms with Crippen LogP contribution < -0.4 is 9.64 Å². The van der Waals surface area contributed by atoms with E-state index in [1.54, 1.807) is 36.8 Å². The van der Waals surface area contributed by atoms with Gasteiger partial charge in [-0.05, 0) is 36.4 Å².